The Morgan fingerprint density at radius 2 is 1.00 bits per heavy atom. The van der Waals surface area contributed by atoms with Crippen LogP contribution in [0.2, 0.25) is 0 Å². The van der Waals surface area contributed by atoms with Gasteiger partial charge in [0.05, 0.1) is 16.7 Å². The summed E-state index contributed by atoms with van der Waals surface area (Å²) in [6, 6.07) is 60.7. The molecule has 0 atom stereocenters. The van der Waals surface area contributed by atoms with E-state index in [0.717, 1.165) is 33.2 Å². The molecule has 0 spiro atoms. The van der Waals surface area contributed by atoms with Crippen molar-refractivity contribution in [2.75, 3.05) is 0 Å². The quantitative estimate of drug-likeness (QED) is 0.185. The molecule has 1 aliphatic carbocycles. The summed E-state index contributed by atoms with van der Waals surface area (Å²) in [5.41, 5.74) is 11.5. The van der Waals surface area contributed by atoms with Crippen LogP contribution in [0.1, 0.15) is 25.0 Å². The lowest BCUT2D eigenvalue weighted by atomic mass is 9.82. The molecule has 2 heterocycles. The first kappa shape index (κ1) is 30.7. The monoisotopic (exact) mass is 690 g/mol. The van der Waals surface area contributed by atoms with Crippen molar-refractivity contribution in [2.45, 2.75) is 19.3 Å². The van der Waals surface area contributed by atoms with Crippen molar-refractivity contribution < 1.29 is 0 Å². The number of para-hydroxylation sites is 1. The van der Waals surface area contributed by atoms with E-state index >= 15 is 0 Å². The first-order chi connectivity index (χ1) is 26.5. The van der Waals surface area contributed by atoms with Crippen molar-refractivity contribution >= 4 is 43.4 Å². The van der Waals surface area contributed by atoms with Gasteiger partial charge in [0.1, 0.15) is 0 Å². The first-order valence-electron chi connectivity index (χ1n) is 18.5. The van der Waals surface area contributed by atoms with Crippen LogP contribution in [0.3, 0.4) is 0 Å². The fourth-order valence-corrected chi connectivity index (χ4v) is 8.77. The van der Waals surface area contributed by atoms with Gasteiger partial charge in [0.15, 0.2) is 17.5 Å². The Labute approximate surface area is 313 Å². The highest BCUT2D eigenvalue weighted by Crippen LogP contribution is 2.49. The molecule has 0 saturated heterocycles. The normalized spacial score (nSPS) is 13.1. The molecule has 0 aliphatic heterocycles. The van der Waals surface area contributed by atoms with Gasteiger partial charge in [-0.25, -0.2) is 15.0 Å². The zero-order chi connectivity index (χ0) is 36.0. The van der Waals surface area contributed by atoms with Crippen LogP contribution in [0.4, 0.5) is 0 Å². The van der Waals surface area contributed by atoms with Crippen LogP contribution in [0.25, 0.3) is 94.3 Å². The lowest BCUT2D eigenvalue weighted by Gasteiger charge is -2.21. The number of aromatic nitrogens is 4. The number of fused-ring (bicyclic) bond motifs is 8. The number of hydrogen-bond acceptors (Lipinski definition) is 3. The minimum atomic E-state index is -0.134. The van der Waals surface area contributed by atoms with Gasteiger partial charge in [-0.15, -0.1) is 0 Å². The molecule has 0 N–H and O–H groups in total. The molecule has 2 aromatic heterocycles. The maximum absolute atomic E-state index is 5.27. The minimum absolute atomic E-state index is 0.134. The van der Waals surface area contributed by atoms with Gasteiger partial charge in [-0.05, 0) is 74.8 Å². The lowest BCUT2D eigenvalue weighted by Crippen LogP contribution is -2.15. The maximum atomic E-state index is 5.27. The molecule has 1 aliphatic rings. The van der Waals surface area contributed by atoms with E-state index in [4.69, 9.17) is 15.0 Å². The predicted octanol–water partition coefficient (Wildman–Crippen LogP) is 12.6. The third-order valence-electron chi connectivity index (χ3n) is 11.4. The van der Waals surface area contributed by atoms with E-state index in [1.165, 1.54) is 54.8 Å². The van der Waals surface area contributed by atoms with Crippen LogP contribution >= 0.6 is 0 Å². The zero-order valence-electron chi connectivity index (χ0n) is 30.0. The molecule has 0 unspecified atom stereocenters. The highest BCUT2D eigenvalue weighted by atomic mass is 15.0. The summed E-state index contributed by atoms with van der Waals surface area (Å²) >= 11 is 0. The van der Waals surface area contributed by atoms with E-state index in [9.17, 15) is 0 Å². The van der Waals surface area contributed by atoms with Crippen molar-refractivity contribution in [3.05, 3.63) is 181 Å². The minimum Gasteiger partial charge on any atom is -0.309 e. The van der Waals surface area contributed by atoms with E-state index in [-0.39, 0.29) is 5.41 Å². The Bertz CT molecular complexity index is 3140. The molecule has 11 rings (SSSR count). The SMILES string of the molecule is CC1(C)c2ccccc2-c2ccc(-c3nc(-c4ccccc4)nc(-c4ccc(-n5c6ccccc6c6cc7ccccc7cc65)c5ccccc45)n3)cc21. The van der Waals surface area contributed by atoms with Crippen molar-refractivity contribution in [1.82, 2.24) is 19.5 Å². The van der Waals surface area contributed by atoms with Gasteiger partial charge in [-0.2, -0.15) is 0 Å². The Balaban J connectivity index is 1.13. The first-order valence-corrected chi connectivity index (χ1v) is 18.5. The molecule has 0 bridgehead atoms. The van der Waals surface area contributed by atoms with Crippen LogP contribution in [0.15, 0.2) is 170 Å². The Morgan fingerprint density at radius 1 is 0.389 bits per heavy atom. The second-order valence-electron chi connectivity index (χ2n) is 14.9. The zero-order valence-corrected chi connectivity index (χ0v) is 30.0. The molecular weight excluding hydrogens is 657 g/mol. The highest BCUT2D eigenvalue weighted by molar-refractivity contribution is 6.15. The van der Waals surface area contributed by atoms with E-state index in [2.05, 4.69) is 170 Å². The van der Waals surface area contributed by atoms with Crippen LogP contribution in [-0.2, 0) is 5.41 Å². The number of rotatable bonds is 4. The fraction of sp³-hybridized carbons (Fsp3) is 0.0600. The number of benzene rings is 8. The third-order valence-corrected chi connectivity index (χ3v) is 11.4. The van der Waals surface area contributed by atoms with Gasteiger partial charge in [0, 0.05) is 38.3 Å². The summed E-state index contributed by atoms with van der Waals surface area (Å²) in [7, 11) is 0. The second kappa shape index (κ2) is 11.5. The maximum Gasteiger partial charge on any atom is 0.164 e. The standard InChI is InChI=1S/C50H34N4/c1-50(2)42-22-12-10-19-36(42)37-25-24-34(29-43(37)50)48-51-47(31-14-4-3-5-15-31)52-49(53-48)40-26-27-45(38-20-9-8-18-35(38)40)54-44-23-13-11-21-39(44)41-28-32-16-6-7-17-33(32)30-46(41)54/h3-30H,1-2H3. The van der Waals surface area contributed by atoms with Gasteiger partial charge < -0.3 is 4.57 Å². The van der Waals surface area contributed by atoms with Crippen LogP contribution in [-0.4, -0.2) is 19.5 Å². The van der Waals surface area contributed by atoms with Crippen molar-refractivity contribution in [2.24, 2.45) is 0 Å². The highest BCUT2D eigenvalue weighted by Gasteiger charge is 2.35. The summed E-state index contributed by atoms with van der Waals surface area (Å²) < 4.78 is 2.42. The van der Waals surface area contributed by atoms with E-state index in [1.807, 2.05) is 18.2 Å². The molecule has 0 fully saturated rings. The van der Waals surface area contributed by atoms with E-state index in [1.54, 1.807) is 0 Å². The Hall–Kier alpha value is -6.91. The van der Waals surface area contributed by atoms with Gasteiger partial charge in [-0.3, -0.25) is 0 Å². The molecular formula is C50H34N4. The summed E-state index contributed by atoms with van der Waals surface area (Å²) in [5, 5.41) is 7.16. The third kappa shape index (κ3) is 4.53. The molecule has 254 valence electrons. The Morgan fingerprint density at radius 3 is 1.83 bits per heavy atom. The van der Waals surface area contributed by atoms with Crippen LogP contribution in [0, 0.1) is 0 Å². The molecule has 4 nitrogen and oxygen atoms in total. The molecule has 10 aromatic rings. The largest absolute Gasteiger partial charge is 0.309 e. The lowest BCUT2D eigenvalue weighted by molar-refractivity contribution is 0.660. The molecule has 4 heteroatoms. The average Bonchev–Trinajstić information content (AvgIpc) is 3.67. The summed E-state index contributed by atoms with van der Waals surface area (Å²) in [5.74, 6) is 1.97. The van der Waals surface area contributed by atoms with Gasteiger partial charge in [-0.1, -0.05) is 147 Å². The number of hydrogen-bond donors (Lipinski definition) is 0. The van der Waals surface area contributed by atoms with Gasteiger partial charge in [0.2, 0.25) is 0 Å². The molecule has 8 aromatic carbocycles. The van der Waals surface area contributed by atoms with Crippen molar-refractivity contribution in [3.8, 4) is 51.0 Å². The van der Waals surface area contributed by atoms with Crippen molar-refractivity contribution in [3.63, 3.8) is 0 Å². The summed E-state index contributed by atoms with van der Waals surface area (Å²) in [4.78, 5) is 15.6. The van der Waals surface area contributed by atoms with Crippen LogP contribution in [0.5, 0.6) is 0 Å². The van der Waals surface area contributed by atoms with E-state index in [0.29, 0.717) is 17.5 Å². The fourth-order valence-electron chi connectivity index (χ4n) is 8.77. The molecule has 0 saturated carbocycles. The van der Waals surface area contributed by atoms with Gasteiger partial charge in [0.25, 0.3) is 0 Å². The average molecular weight is 691 g/mol. The molecule has 54 heavy (non-hydrogen) atoms. The summed E-state index contributed by atoms with van der Waals surface area (Å²) in [6.45, 7) is 4.62. The smallest absolute Gasteiger partial charge is 0.164 e. The molecule has 0 radical (unpaired) electrons. The Kier molecular flexibility index (Phi) is 6.56. The van der Waals surface area contributed by atoms with E-state index < -0.39 is 0 Å². The second-order valence-corrected chi connectivity index (χ2v) is 14.9. The predicted molar refractivity (Wildman–Crippen MR) is 223 cm³/mol. The number of nitrogens with zero attached hydrogens (tertiary/aromatic N) is 4. The summed E-state index contributed by atoms with van der Waals surface area (Å²) in [6.07, 6.45) is 0. The topological polar surface area (TPSA) is 43.6 Å². The van der Waals surface area contributed by atoms with Crippen LogP contribution < -0.4 is 0 Å². The van der Waals surface area contributed by atoms with Crippen molar-refractivity contribution in [1.29, 1.82) is 0 Å². The molecule has 0 amide bonds. The van der Waals surface area contributed by atoms with Gasteiger partial charge >= 0.3 is 0 Å².